The highest BCUT2D eigenvalue weighted by molar-refractivity contribution is 5.83. The lowest BCUT2D eigenvalue weighted by Gasteiger charge is -2.57. The second kappa shape index (κ2) is 6.31. The minimum absolute atomic E-state index is 0.253. The van der Waals surface area contributed by atoms with Crippen LogP contribution < -0.4 is 0 Å². The molecule has 2 aliphatic carbocycles. The van der Waals surface area contributed by atoms with Gasteiger partial charge in [0, 0.05) is 23.5 Å². The van der Waals surface area contributed by atoms with Crippen LogP contribution in [0.5, 0.6) is 0 Å². The number of allylic oxidation sites excluding steroid dienone is 1. The molecule has 3 rings (SSSR count). The van der Waals surface area contributed by atoms with Gasteiger partial charge in [-0.25, -0.2) is 4.79 Å². The summed E-state index contributed by atoms with van der Waals surface area (Å²) in [5, 5.41) is 11.5. The molecule has 1 saturated carbocycles. The van der Waals surface area contributed by atoms with E-state index in [1.54, 1.807) is 12.3 Å². The third kappa shape index (κ3) is 2.75. The van der Waals surface area contributed by atoms with Gasteiger partial charge in [0.2, 0.25) is 0 Å². The average molecular weight is 346 g/mol. The number of aryl methyl sites for hydroxylation is 1. The lowest BCUT2D eigenvalue weighted by molar-refractivity contribution is -0.210. The second-order valence-corrected chi connectivity index (χ2v) is 8.20. The van der Waals surface area contributed by atoms with Gasteiger partial charge in [0.1, 0.15) is 11.9 Å². The normalized spacial score (nSPS) is 35.0. The van der Waals surface area contributed by atoms with Gasteiger partial charge in [0.15, 0.2) is 0 Å². The molecule has 2 aliphatic rings. The number of hydrogen-bond donors (Lipinski definition) is 1. The zero-order valence-electron chi connectivity index (χ0n) is 16.0. The SMILES string of the molecule is CCC(C)=CC(=O)O[C@@H]1c2c(C)coc2C[C@@]2(O)CCC[C@H](C)[C@@]12C. The fourth-order valence-electron chi connectivity index (χ4n) is 4.71. The van der Waals surface area contributed by atoms with Gasteiger partial charge < -0.3 is 14.3 Å². The molecule has 0 saturated heterocycles. The molecule has 0 radical (unpaired) electrons. The Kier molecular flexibility index (Phi) is 4.61. The molecule has 1 aromatic rings. The van der Waals surface area contributed by atoms with Crippen LogP contribution in [0, 0.1) is 18.3 Å². The van der Waals surface area contributed by atoms with Gasteiger partial charge in [0.25, 0.3) is 0 Å². The van der Waals surface area contributed by atoms with Crippen molar-refractivity contribution < 1.29 is 19.1 Å². The van der Waals surface area contributed by atoms with Gasteiger partial charge >= 0.3 is 5.97 Å². The monoisotopic (exact) mass is 346 g/mol. The van der Waals surface area contributed by atoms with Crippen molar-refractivity contribution in [2.45, 2.75) is 78.4 Å². The van der Waals surface area contributed by atoms with Crippen LogP contribution in [0.1, 0.15) is 76.4 Å². The smallest absolute Gasteiger partial charge is 0.331 e. The summed E-state index contributed by atoms with van der Waals surface area (Å²) in [6.45, 7) is 10.2. The summed E-state index contributed by atoms with van der Waals surface area (Å²) in [5.74, 6) is 0.683. The van der Waals surface area contributed by atoms with Gasteiger partial charge in [-0.15, -0.1) is 0 Å². The number of ether oxygens (including phenoxy) is 1. The largest absolute Gasteiger partial charge is 0.469 e. The van der Waals surface area contributed by atoms with E-state index in [2.05, 4.69) is 13.8 Å². The number of hydrogen-bond acceptors (Lipinski definition) is 4. The number of carbonyl (C=O) groups excluding carboxylic acids is 1. The molecule has 0 amide bonds. The molecule has 1 N–H and O–H groups in total. The topological polar surface area (TPSA) is 59.7 Å². The van der Waals surface area contributed by atoms with E-state index in [1.165, 1.54) is 0 Å². The highest BCUT2D eigenvalue weighted by Crippen LogP contribution is 2.61. The number of carbonyl (C=O) groups is 1. The van der Waals surface area contributed by atoms with E-state index >= 15 is 0 Å². The number of aliphatic hydroxyl groups is 1. The summed E-state index contributed by atoms with van der Waals surface area (Å²) in [7, 11) is 0. The van der Waals surface area contributed by atoms with Gasteiger partial charge in [-0.05, 0) is 44.6 Å². The highest BCUT2D eigenvalue weighted by atomic mass is 16.5. The molecule has 0 aromatic carbocycles. The Morgan fingerprint density at radius 3 is 2.92 bits per heavy atom. The fourth-order valence-corrected chi connectivity index (χ4v) is 4.71. The summed E-state index contributed by atoms with van der Waals surface area (Å²) in [4.78, 5) is 12.5. The Morgan fingerprint density at radius 1 is 1.52 bits per heavy atom. The molecule has 25 heavy (non-hydrogen) atoms. The number of furan rings is 1. The van der Waals surface area contributed by atoms with Crippen molar-refractivity contribution in [3.05, 3.63) is 34.8 Å². The zero-order chi connectivity index (χ0) is 18.4. The predicted molar refractivity (Wildman–Crippen MR) is 96.1 cm³/mol. The first-order valence-electron chi connectivity index (χ1n) is 9.40. The third-order valence-electron chi connectivity index (χ3n) is 6.77. The van der Waals surface area contributed by atoms with Crippen molar-refractivity contribution in [2.24, 2.45) is 11.3 Å². The van der Waals surface area contributed by atoms with E-state index in [1.807, 2.05) is 20.8 Å². The van der Waals surface area contributed by atoms with E-state index in [4.69, 9.17) is 9.15 Å². The maximum Gasteiger partial charge on any atom is 0.331 e. The molecule has 138 valence electrons. The van der Waals surface area contributed by atoms with E-state index < -0.39 is 17.1 Å². The van der Waals surface area contributed by atoms with Crippen LogP contribution in [-0.2, 0) is 16.0 Å². The van der Waals surface area contributed by atoms with Crippen molar-refractivity contribution in [3.8, 4) is 0 Å². The molecule has 0 aliphatic heterocycles. The number of rotatable bonds is 3. The first-order chi connectivity index (χ1) is 11.7. The molecule has 1 heterocycles. The minimum Gasteiger partial charge on any atom is -0.469 e. The quantitative estimate of drug-likeness (QED) is 0.640. The lowest BCUT2D eigenvalue weighted by atomic mass is 9.51. The zero-order valence-corrected chi connectivity index (χ0v) is 16.0. The van der Waals surface area contributed by atoms with Crippen LogP contribution in [-0.4, -0.2) is 16.7 Å². The summed E-state index contributed by atoms with van der Waals surface area (Å²) < 4.78 is 11.7. The Morgan fingerprint density at radius 2 is 2.24 bits per heavy atom. The van der Waals surface area contributed by atoms with Crippen LogP contribution in [0.25, 0.3) is 0 Å². The molecule has 4 heteroatoms. The Hall–Kier alpha value is -1.55. The minimum atomic E-state index is -0.906. The lowest BCUT2D eigenvalue weighted by Crippen LogP contribution is -2.60. The second-order valence-electron chi connectivity index (χ2n) is 8.20. The molecule has 0 unspecified atom stereocenters. The first-order valence-corrected chi connectivity index (χ1v) is 9.40. The number of esters is 1. The standard InChI is InChI=1S/C21H30O4/c1-6-13(2)10-17(22)25-19-18-14(3)12-24-16(18)11-21(23)9-7-8-15(4)20(19,21)5/h10,12,15,19,23H,6-9,11H2,1-5H3/t15-,19+,20-,21-/m0/s1. The van der Waals surface area contributed by atoms with Gasteiger partial charge in [0.05, 0.1) is 11.9 Å². The Balaban J connectivity index is 2.08. The van der Waals surface area contributed by atoms with E-state index in [0.29, 0.717) is 12.8 Å². The summed E-state index contributed by atoms with van der Waals surface area (Å²) >= 11 is 0. The van der Waals surface area contributed by atoms with Crippen LogP contribution >= 0.6 is 0 Å². The molecular weight excluding hydrogens is 316 g/mol. The van der Waals surface area contributed by atoms with Crippen LogP contribution in [0.2, 0.25) is 0 Å². The van der Waals surface area contributed by atoms with Crippen molar-refractivity contribution in [1.29, 1.82) is 0 Å². The molecular formula is C21H30O4. The maximum atomic E-state index is 12.5. The molecule has 0 spiro atoms. The first kappa shape index (κ1) is 18.2. The predicted octanol–water partition coefficient (Wildman–Crippen LogP) is 4.64. The third-order valence-corrected chi connectivity index (χ3v) is 6.77. The van der Waals surface area contributed by atoms with E-state index in [9.17, 15) is 9.90 Å². The van der Waals surface area contributed by atoms with Crippen LogP contribution in [0.4, 0.5) is 0 Å². The summed E-state index contributed by atoms with van der Waals surface area (Å²) in [6.07, 6.45) is 6.84. The van der Waals surface area contributed by atoms with Crippen LogP contribution in [0.15, 0.2) is 22.3 Å². The fraction of sp³-hybridized carbons (Fsp3) is 0.667. The maximum absolute atomic E-state index is 12.5. The van der Waals surface area contributed by atoms with Crippen molar-refractivity contribution in [1.82, 2.24) is 0 Å². The van der Waals surface area contributed by atoms with Crippen LogP contribution in [0.3, 0.4) is 0 Å². The molecule has 1 fully saturated rings. The Labute approximate surface area is 150 Å². The summed E-state index contributed by atoms with van der Waals surface area (Å²) in [5.41, 5.74) is 1.51. The van der Waals surface area contributed by atoms with Crippen molar-refractivity contribution in [2.75, 3.05) is 0 Å². The molecule has 1 aromatic heterocycles. The van der Waals surface area contributed by atoms with Gasteiger partial charge in [-0.1, -0.05) is 32.8 Å². The van der Waals surface area contributed by atoms with Gasteiger partial charge in [-0.2, -0.15) is 0 Å². The summed E-state index contributed by atoms with van der Waals surface area (Å²) in [6, 6.07) is 0. The number of fused-ring (bicyclic) bond motifs is 2. The van der Waals surface area contributed by atoms with Gasteiger partial charge in [-0.3, -0.25) is 0 Å². The Bertz CT molecular complexity index is 701. The molecule has 4 atom stereocenters. The average Bonchev–Trinajstić information content (AvgIpc) is 2.90. The van der Waals surface area contributed by atoms with E-state index in [0.717, 1.165) is 41.7 Å². The molecule has 4 nitrogen and oxygen atoms in total. The van der Waals surface area contributed by atoms with Crippen molar-refractivity contribution >= 4 is 5.97 Å². The highest BCUT2D eigenvalue weighted by Gasteiger charge is 2.62. The molecule has 0 bridgehead atoms. The van der Waals surface area contributed by atoms with E-state index in [-0.39, 0.29) is 11.9 Å². The van der Waals surface area contributed by atoms with Crippen molar-refractivity contribution in [3.63, 3.8) is 0 Å².